The highest BCUT2D eigenvalue weighted by atomic mass is 19.1. The van der Waals surface area contributed by atoms with Crippen LogP contribution in [0.1, 0.15) is 19.0 Å². The first kappa shape index (κ1) is 12.3. The van der Waals surface area contributed by atoms with Gasteiger partial charge in [-0.15, -0.1) is 0 Å². The van der Waals surface area contributed by atoms with Gasteiger partial charge < -0.3 is 5.32 Å². The van der Waals surface area contributed by atoms with Gasteiger partial charge in [0.05, 0.1) is 5.69 Å². The third-order valence-corrected chi connectivity index (χ3v) is 2.37. The van der Waals surface area contributed by atoms with E-state index in [1.54, 1.807) is 19.2 Å². The van der Waals surface area contributed by atoms with Crippen molar-refractivity contribution in [3.05, 3.63) is 30.1 Å². The summed E-state index contributed by atoms with van der Waals surface area (Å²) in [5.74, 6) is 0.203. The summed E-state index contributed by atoms with van der Waals surface area (Å²) in [4.78, 5) is 16.1. The second kappa shape index (κ2) is 5.48. The standard InChI is InChI=1S/C12H14FN5/c1-3-5-15-12-10(13)8(2)17-11(18-12)9-4-6-14-7-16-9/h4,6-7H,3,5H2,1-2H3,(H,15,17,18). The van der Waals surface area contributed by atoms with E-state index in [0.717, 1.165) is 6.42 Å². The fourth-order valence-electron chi connectivity index (χ4n) is 1.46. The molecule has 0 radical (unpaired) electrons. The molecule has 0 atom stereocenters. The molecule has 0 aliphatic carbocycles. The van der Waals surface area contributed by atoms with Crippen molar-refractivity contribution < 1.29 is 4.39 Å². The lowest BCUT2D eigenvalue weighted by Crippen LogP contribution is -2.08. The van der Waals surface area contributed by atoms with Gasteiger partial charge in [-0.2, -0.15) is 0 Å². The van der Waals surface area contributed by atoms with E-state index >= 15 is 0 Å². The van der Waals surface area contributed by atoms with Crippen LogP contribution in [0.3, 0.4) is 0 Å². The van der Waals surface area contributed by atoms with E-state index in [0.29, 0.717) is 23.8 Å². The summed E-state index contributed by atoms with van der Waals surface area (Å²) in [6.07, 6.45) is 3.91. The number of nitrogens with zero attached hydrogens (tertiary/aromatic N) is 4. The average Bonchev–Trinajstić information content (AvgIpc) is 2.41. The molecule has 94 valence electrons. The number of anilines is 1. The summed E-state index contributed by atoms with van der Waals surface area (Å²) < 4.78 is 13.8. The zero-order chi connectivity index (χ0) is 13.0. The van der Waals surface area contributed by atoms with Crippen molar-refractivity contribution >= 4 is 5.82 Å². The number of aromatic nitrogens is 4. The predicted molar refractivity (Wildman–Crippen MR) is 66.5 cm³/mol. The Morgan fingerprint density at radius 2 is 2.17 bits per heavy atom. The van der Waals surface area contributed by atoms with E-state index in [4.69, 9.17) is 0 Å². The second-order valence-electron chi connectivity index (χ2n) is 3.82. The van der Waals surface area contributed by atoms with E-state index in [1.165, 1.54) is 6.33 Å². The number of nitrogens with one attached hydrogen (secondary N) is 1. The molecule has 0 saturated heterocycles. The molecular weight excluding hydrogens is 233 g/mol. The van der Waals surface area contributed by atoms with E-state index < -0.39 is 5.82 Å². The molecule has 2 aromatic rings. The summed E-state index contributed by atoms with van der Waals surface area (Å²) in [5.41, 5.74) is 0.880. The number of hydrogen-bond donors (Lipinski definition) is 1. The molecule has 6 heteroatoms. The monoisotopic (exact) mass is 247 g/mol. The van der Waals surface area contributed by atoms with Gasteiger partial charge in [0.2, 0.25) is 0 Å². The summed E-state index contributed by atoms with van der Waals surface area (Å²) in [6, 6.07) is 1.69. The molecule has 5 nitrogen and oxygen atoms in total. The third-order valence-electron chi connectivity index (χ3n) is 2.37. The first-order chi connectivity index (χ1) is 8.72. The molecule has 0 unspecified atom stereocenters. The smallest absolute Gasteiger partial charge is 0.186 e. The minimum absolute atomic E-state index is 0.220. The summed E-state index contributed by atoms with van der Waals surface area (Å²) >= 11 is 0. The quantitative estimate of drug-likeness (QED) is 0.897. The van der Waals surface area contributed by atoms with Crippen molar-refractivity contribution in [3.8, 4) is 11.5 Å². The van der Waals surface area contributed by atoms with Crippen LogP contribution in [0, 0.1) is 12.7 Å². The second-order valence-corrected chi connectivity index (χ2v) is 3.82. The van der Waals surface area contributed by atoms with Crippen LogP contribution in [0.4, 0.5) is 10.2 Å². The van der Waals surface area contributed by atoms with Crippen LogP contribution in [0.25, 0.3) is 11.5 Å². The summed E-state index contributed by atoms with van der Waals surface area (Å²) in [6.45, 7) is 4.28. The zero-order valence-electron chi connectivity index (χ0n) is 10.3. The van der Waals surface area contributed by atoms with Crippen molar-refractivity contribution in [2.75, 3.05) is 11.9 Å². The molecule has 0 spiro atoms. The third kappa shape index (κ3) is 2.58. The molecule has 18 heavy (non-hydrogen) atoms. The van der Waals surface area contributed by atoms with Gasteiger partial charge in [-0.25, -0.2) is 24.3 Å². The molecular formula is C12H14FN5. The van der Waals surface area contributed by atoms with E-state index in [-0.39, 0.29) is 5.82 Å². The zero-order valence-corrected chi connectivity index (χ0v) is 10.3. The molecule has 2 aromatic heterocycles. The molecule has 1 N–H and O–H groups in total. The summed E-state index contributed by atoms with van der Waals surface area (Å²) in [5, 5.41) is 2.94. The maximum atomic E-state index is 13.8. The van der Waals surface area contributed by atoms with Crippen LogP contribution in [-0.4, -0.2) is 26.5 Å². The number of rotatable bonds is 4. The Hall–Kier alpha value is -2.11. The highest BCUT2D eigenvalue weighted by Crippen LogP contribution is 2.19. The van der Waals surface area contributed by atoms with E-state index in [9.17, 15) is 4.39 Å². The molecule has 0 fully saturated rings. The van der Waals surface area contributed by atoms with Gasteiger partial charge in [0.15, 0.2) is 17.5 Å². The first-order valence-electron chi connectivity index (χ1n) is 5.76. The van der Waals surface area contributed by atoms with Gasteiger partial charge in [-0.3, -0.25) is 0 Å². The van der Waals surface area contributed by atoms with E-state index in [2.05, 4.69) is 25.3 Å². The Morgan fingerprint density at radius 1 is 1.33 bits per heavy atom. The molecule has 2 rings (SSSR count). The minimum atomic E-state index is -0.416. The fraction of sp³-hybridized carbons (Fsp3) is 0.333. The SMILES string of the molecule is CCCNc1nc(-c2ccncn2)nc(C)c1F. The van der Waals surface area contributed by atoms with Crippen LogP contribution in [0.2, 0.25) is 0 Å². The number of aryl methyl sites for hydroxylation is 1. The Bertz CT molecular complexity index is 529. The van der Waals surface area contributed by atoms with Gasteiger partial charge in [0.25, 0.3) is 0 Å². The number of hydrogen-bond acceptors (Lipinski definition) is 5. The van der Waals surface area contributed by atoms with E-state index in [1.807, 2.05) is 6.92 Å². The van der Waals surface area contributed by atoms with Crippen LogP contribution in [0.15, 0.2) is 18.6 Å². The van der Waals surface area contributed by atoms with Crippen LogP contribution in [-0.2, 0) is 0 Å². The Morgan fingerprint density at radius 3 is 2.83 bits per heavy atom. The molecule has 0 saturated carbocycles. The fourth-order valence-corrected chi connectivity index (χ4v) is 1.46. The van der Waals surface area contributed by atoms with Gasteiger partial charge in [0.1, 0.15) is 12.0 Å². The Labute approximate surface area is 105 Å². The molecule has 2 heterocycles. The van der Waals surface area contributed by atoms with Crippen LogP contribution >= 0.6 is 0 Å². The average molecular weight is 247 g/mol. The Kier molecular flexibility index (Phi) is 3.76. The normalized spacial score (nSPS) is 10.4. The molecule has 0 bridgehead atoms. The highest BCUT2D eigenvalue weighted by Gasteiger charge is 2.12. The predicted octanol–water partition coefficient (Wildman–Crippen LogP) is 2.20. The van der Waals surface area contributed by atoms with Crippen molar-refractivity contribution in [3.63, 3.8) is 0 Å². The van der Waals surface area contributed by atoms with Gasteiger partial charge in [0, 0.05) is 12.7 Å². The van der Waals surface area contributed by atoms with Crippen LogP contribution in [0.5, 0.6) is 0 Å². The van der Waals surface area contributed by atoms with Crippen molar-refractivity contribution in [1.82, 2.24) is 19.9 Å². The maximum absolute atomic E-state index is 13.8. The van der Waals surface area contributed by atoms with Gasteiger partial charge >= 0.3 is 0 Å². The van der Waals surface area contributed by atoms with Crippen molar-refractivity contribution in [2.45, 2.75) is 20.3 Å². The van der Waals surface area contributed by atoms with Crippen molar-refractivity contribution in [1.29, 1.82) is 0 Å². The molecule has 0 aliphatic rings. The van der Waals surface area contributed by atoms with Gasteiger partial charge in [-0.1, -0.05) is 6.92 Å². The van der Waals surface area contributed by atoms with Crippen molar-refractivity contribution in [2.24, 2.45) is 0 Å². The molecule has 0 amide bonds. The van der Waals surface area contributed by atoms with Gasteiger partial charge in [-0.05, 0) is 19.4 Å². The number of halogens is 1. The summed E-state index contributed by atoms with van der Waals surface area (Å²) in [7, 11) is 0. The van der Waals surface area contributed by atoms with Crippen LogP contribution < -0.4 is 5.32 Å². The first-order valence-corrected chi connectivity index (χ1v) is 5.76. The maximum Gasteiger partial charge on any atom is 0.186 e. The Balaban J connectivity index is 2.41. The molecule has 0 aromatic carbocycles. The largest absolute Gasteiger partial charge is 0.368 e. The topological polar surface area (TPSA) is 63.6 Å². The lowest BCUT2D eigenvalue weighted by atomic mass is 10.3. The molecule has 0 aliphatic heterocycles. The lowest BCUT2D eigenvalue weighted by Gasteiger charge is -2.08. The minimum Gasteiger partial charge on any atom is -0.368 e. The highest BCUT2D eigenvalue weighted by molar-refractivity contribution is 5.52. The lowest BCUT2D eigenvalue weighted by molar-refractivity contribution is 0.605.